The summed E-state index contributed by atoms with van der Waals surface area (Å²) >= 11 is 9.14. The second-order valence-corrected chi connectivity index (χ2v) is 7.48. The number of thiazole rings is 1. The van der Waals surface area contributed by atoms with E-state index in [2.05, 4.69) is 20.0 Å². The summed E-state index contributed by atoms with van der Waals surface area (Å²) in [6.45, 7) is 0.395. The number of rotatable bonds is 7. The summed E-state index contributed by atoms with van der Waals surface area (Å²) in [5.41, 5.74) is 9.34. The predicted molar refractivity (Wildman–Crippen MR) is 105 cm³/mol. The van der Waals surface area contributed by atoms with E-state index in [1.165, 1.54) is 27.6 Å². The molecule has 0 spiro atoms. The van der Waals surface area contributed by atoms with Crippen molar-refractivity contribution in [2.45, 2.75) is 6.42 Å². The van der Waals surface area contributed by atoms with Crippen molar-refractivity contribution in [2.75, 3.05) is 18.0 Å². The molecule has 0 aromatic carbocycles. The van der Waals surface area contributed by atoms with Crippen molar-refractivity contribution < 1.29 is 4.79 Å². The minimum absolute atomic E-state index is 0.121. The van der Waals surface area contributed by atoms with Crippen LogP contribution < -0.4 is 4.90 Å². The summed E-state index contributed by atoms with van der Waals surface area (Å²) in [5, 5.41) is 6.92. The third-order valence-corrected chi connectivity index (χ3v) is 5.80. The van der Waals surface area contributed by atoms with Crippen LogP contribution >= 0.6 is 34.3 Å². The monoisotopic (exact) mass is 404 g/mol. The molecule has 3 aromatic heterocycles. The van der Waals surface area contributed by atoms with Crippen LogP contribution in [0.25, 0.3) is 21.0 Å². The van der Waals surface area contributed by atoms with Crippen molar-refractivity contribution in [2.24, 2.45) is 5.11 Å². The average molecular weight is 405 g/mol. The number of aromatic nitrogens is 2. The van der Waals surface area contributed by atoms with Gasteiger partial charge in [-0.1, -0.05) is 34.1 Å². The Morgan fingerprint density at radius 2 is 2.27 bits per heavy atom. The number of carbonyl (C=O) groups excluding carboxylic acids is 1. The lowest BCUT2D eigenvalue weighted by molar-refractivity contribution is -0.117. The van der Waals surface area contributed by atoms with Crippen LogP contribution in [0.15, 0.2) is 47.2 Å². The van der Waals surface area contributed by atoms with E-state index in [-0.39, 0.29) is 30.6 Å². The Morgan fingerprint density at radius 3 is 2.96 bits per heavy atom. The fourth-order valence-corrected chi connectivity index (χ4v) is 4.30. The molecule has 3 aromatic rings. The predicted octanol–water partition coefficient (Wildman–Crippen LogP) is 4.81. The van der Waals surface area contributed by atoms with Crippen LogP contribution in [0.3, 0.4) is 0 Å². The Morgan fingerprint density at radius 1 is 1.38 bits per heavy atom. The lowest BCUT2D eigenvalue weighted by Crippen LogP contribution is -2.33. The molecule has 0 saturated carbocycles. The number of azide groups is 1. The highest BCUT2D eigenvalue weighted by atomic mass is 35.5. The van der Waals surface area contributed by atoms with Crippen LogP contribution in [0.4, 0.5) is 5.00 Å². The van der Waals surface area contributed by atoms with Gasteiger partial charge in [0, 0.05) is 40.8 Å². The van der Waals surface area contributed by atoms with Crippen molar-refractivity contribution in [1.82, 2.24) is 9.97 Å². The zero-order valence-corrected chi connectivity index (χ0v) is 15.8. The lowest BCUT2D eigenvalue weighted by atomic mass is 10.3. The fraction of sp³-hybridized carbons (Fsp3) is 0.188. The number of anilines is 1. The highest BCUT2D eigenvalue weighted by Gasteiger charge is 2.23. The van der Waals surface area contributed by atoms with Gasteiger partial charge in [0.25, 0.3) is 0 Å². The first-order chi connectivity index (χ1) is 12.7. The van der Waals surface area contributed by atoms with E-state index in [4.69, 9.17) is 17.1 Å². The van der Waals surface area contributed by atoms with Gasteiger partial charge in [-0.3, -0.25) is 9.78 Å². The van der Waals surface area contributed by atoms with E-state index in [0.29, 0.717) is 10.0 Å². The second-order valence-electron chi connectivity index (χ2n) is 5.11. The van der Waals surface area contributed by atoms with Gasteiger partial charge in [-0.2, -0.15) is 0 Å². The SMILES string of the molecule is [N-]=[N+]=NCCN(C(=O)Cc1cccs1)c1sc(-c2cccnc2)nc1Cl. The molecule has 3 rings (SSSR count). The molecule has 10 heteroatoms. The van der Waals surface area contributed by atoms with Crippen molar-refractivity contribution in [3.05, 3.63) is 62.5 Å². The van der Waals surface area contributed by atoms with Gasteiger partial charge in [-0.05, 0) is 29.1 Å². The summed E-state index contributed by atoms with van der Waals surface area (Å²) in [6.07, 6.45) is 3.62. The molecule has 0 aliphatic carbocycles. The summed E-state index contributed by atoms with van der Waals surface area (Å²) in [6, 6.07) is 7.50. The maximum Gasteiger partial charge on any atom is 0.232 e. The molecular weight excluding hydrogens is 392 g/mol. The highest BCUT2D eigenvalue weighted by Crippen LogP contribution is 2.37. The van der Waals surface area contributed by atoms with Crippen LogP contribution in [0.2, 0.25) is 5.15 Å². The van der Waals surface area contributed by atoms with E-state index >= 15 is 0 Å². The van der Waals surface area contributed by atoms with Crippen LogP contribution in [0.5, 0.6) is 0 Å². The van der Waals surface area contributed by atoms with Gasteiger partial charge in [0.1, 0.15) is 10.0 Å². The molecule has 0 bridgehead atoms. The first-order valence-corrected chi connectivity index (χ1v) is 9.67. The molecular formula is C16H13ClN6OS2. The Balaban J connectivity index is 1.89. The summed E-state index contributed by atoms with van der Waals surface area (Å²) in [5.74, 6) is -0.121. The quantitative estimate of drug-likeness (QED) is 0.321. The summed E-state index contributed by atoms with van der Waals surface area (Å²) in [7, 11) is 0. The minimum Gasteiger partial charge on any atom is -0.301 e. The number of carbonyl (C=O) groups is 1. The number of amides is 1. The van der Waals surface area contributed by atoms with Crippen molar-refractivity contribution in [3.8, 4) is 10.6 Å². The van der Waals surface area contributed by atoms with E-state index in [1.54, 1.807) is 12.4 Å². The van der Waals surface area contributed by atoms with Crippen LogP contribution in [0, 0.1) is 0 Å². The normalized spacial score (nSPS) is 10.3. The number of hydrogen-bond acceptors (Lipinski definition) is 6. The van der Waals surface area contributed by atoms with Crippen molar-refractivity contribution in [3.63, 3.8) is 0 Å². The van der Waals surface area contributed by atoms with Crippen LogP contribution in [-0.4, -0.2) is 29.0 Å². The standard InChI is InChI=1S/C16H13ClN6OS2/c17-14-16(26-15(21-14)11-3-1-5-19-10-11)23(7-6-20-22-18)13(24)9-12-4-2-8-25-12/h1-5,8,10H,6-7,9H2. The van der Waals surface area contributed by atoms with Gasteiger partial charge in [0.05, 0.1) is 6.42 Å². The Kier molecular flexibility index (Phi) is 6.19. The van der Waals surface area contributed by atoms with Gasteiger partial charge in [-0.15, -0.1) is 11.3 Å². The molecule has 7 nitrogen and oxygen atoms in total. The van der Waals surface area contributed by atoms with Crippen LogP contribution in [0.1, 0.15) is 4.88 Å². The Bertz CT molecular complexity index is 922. The molecule has 132 valence electrons. The topological polar surface area (TPSA) is 94.9 Å². The maximum atomic E-state index is 12.8. The van der Waals surface area contributed by atoms with Gasteiger partial charge < -0.3 is 4.90 Å². The number of pyridine rings is 1. The van der Waals surface area contributed by atoms with Crippen molar-refractivity contribution in [1.29, 1.82) is 0 Å². The molecule has 0 atom stereocenters. The minimum atomic E-state index is -0.121. The van der Waals surface area contributed by atoms with E-state index in [0.717, 1.165) is 10.4 Å². The third kappa shape index (κ3) is 4.39. The lowest BCUT2D eigenvalue weighted by Gasteiger charge is -2.20. The highest BCUT2D eigenvalue weighted by molar-refractivity contribution is 7.19. The number of thiophene rings is 1. The second kappa shape index (κ2) is 8.77. The number of hydrogen-bond donors (Lipinski definition) is 0. The number of halogens is 1. The smallest absolute Gasteiger partial charge is 0.232 e. The van der Waals surface area contributed by atoms with E-state index in [9.17, 15) is 4.79 Å². The molecule has 0 saturated heterocycles. The van der Waals surface area contributed by atoms with E-state index < -0.39 is 0 Å². The molecule has 0 fully saturated rings. The van der Waals surface area contributed by atoms with Gasteiger partial charge in [0.2, 0.25) is 5.91 Å². The molecule has 3 heterocycles. The van der Waals surface area contributed by atoms with Crippen molar-refractivity contribution >= 4 is 45.2 Å². The van der Waals surface area contributed by atoms with Gasteiger partial charge >= 0.3 is 0 Å². The molecule has 26 heavy (non-hydrogen) atoms. The van der Waals surface area contributed by atoms with E-state index in [1.807, 2.05) is 29.6 Å². The summed E-state index contributed by atoms with van der Waals surface area (Å²) < 4.78 is 0. The van der Waals surface area contributed by atoms with Gasteiger partial charge in [0.15, 0.2) is 5.15 Å². The van der Waals surface area contributed by atoms with Crippen LogP contribution in [-0.2, 0) is 11.2 Å². The Hall–Kier alpha value is -2.45. The largest absolute Gasteiger partial charge is 0.301 e. The molecule has 0 aliphatic rings. The molecule has 0 N–H and O–H groups in total. The molecule has 0 aliphatic heterocycles. The zero-order chi connectivity index (χ0) is 18.4. The maximum absolute atomic E-state index is 12.8. The zero-order valence-electron chi connectivity index (χ0n) is 13.4. The third-order valence-electron chi connectivity index (χ3n) is 3.42. The molecule has 0 radical (unpaired) electrons. The molecule has 1 amide bonds. The van der Waals surface area contributed by atoms with Gasteiger partial charge in [-0.25, -0.2) is 4.98 Å². The average Bonchev–Trinajstić information content (AvgIpc) is 3.29. The fourth-order valence-electron chi connectivity index (χ4n) is 2.26. The number of nitrogens with zero attached hydrogens (tertiary/aromatic N) is 6. The first kappa shape index (κ1) is 18.3. The first-order valence-electron chi connectivity index (χ1n) is 7.59. The summed E-state index contributed by atoms with van der Waals surface area (Å²) in [4.78, 5) is 26.5. The molecule has 0 unspecified atom stereocenters. The Labute approximate surface area is 162 Å².